The molecule has 0 spiro atoms. The Morgan fingerprint density at radius 3 is 2.10 bits per heavy atom. The molecule has 2 aliphatic rings. The molecule has 0 aromatic heterocycles. The van der Waals surface area contributed by atoms with E-state index in [1.54, 1.807) is 0 Å². The van der Waals surface area contributed by atoms with Crippen molar-refractivity contribution in [3.05, 3.63) is 23.8 Å². The first-order valence-corrected chi connectivity index (χ1v) is 16.8. The fraction of sp³-hybridized carbons (Fsp3) is 0.676. The smallest absolute Gasteiger partial charge is 0.356 e. The third-order valence-electron chi connectivity index (χ3n) is 7.89. The number of hydrogen-bond acceptors (Lipinski definition) is 14. The van der Waals surface area contributed by atoms with Gasteiger partial charge in [-0.05, 0) is 82.3 Å². The first-order chi connectivity index (χ1) is 23.2. The van der Waals surface area contributed by atoms with Gasteiger partial charge in [0.05, 0.1) is 39.4 Å². The molecule has 1 aliphatic carbocycles. The molecule has 0 radical (unpaired) electrons. The largest absolute Gasteiger partial charge is 0.469 e. The van der Waals surface area contributed by atoms with Crippen molar-refractivity contribution in [1.82, 2.24) is 0 Å². The van der Waals surface area contributed by atoms with Crippen LogP contribution in [0.4, 0.5) is 0 Å². The van der Waals surface area contributed by atoms with Crippen molar-refractivity contribution >= 4 is 29.8 Å². The summed E-state index contributed by atoms with van der Waals surface area (Å²) >= 11 is 0. The van der Waals surface area contributed by atoms with Crippen molar-refractivity contribution in [3.63, 3.8) is 0 Å². The molecule has 1 aromatic carbocycles. The number of ether oxygens (including phenoxy) is 5. The predicted octanol–water partition coefficient (Wildman–Crippen LogP) is 5.48. The van der Waals surface area contributed by atoms with Gasteiger partial charge < -0.3 is 23.7 Å². The number of carbonyl (C=O) groups is 5. The highest BCUT2D eigenvalue weighted by Gasteiger charge is 2.23. The third kappa shape index (κ3) is 15.3. The number of unbranched alkanes of at least 4 members (excludes halogenated alkanes) is 3. The van der Waals surface area contributed by atoms with Crippen LogP contribution >= 0.6 is 0 Å². The maximum absolute atomic E-state index is 13.0. The zero-order valence-electron chi connectivity index (χ0n) is 27.9. The molecule has 0 N–H and O–H groups in total. The summed E-state index contributed by atoms with van der Waals surface area (Å²) in [4.78, 5) is 80.4. The molecule has 1 heterocycles. The molecule has 1 unspecified atom stereocenters. The maximum atomic E-state index is 13.0. The number of benzene rings is 1. The van der Waals surface area contributed by atoms with Crippen molar-refractivity contribution in [1.29, 1.82) is 0 Å². The summed E-state index contributed by atoms with van der Waals surface area (Å²) in [5, 5.41) is 0. The van der Waals surface area contributed by atoms with Crippen molar-refractivity contribution in [2.45, 2.75) is 116 Å². The predicted molar refractivity (Wildman–Crippen MR) is 166 cm³/mol. The molecule has 48 heavy (non-hydrogen) atoms. The molecule has 1 aromatic rings. The standard InChI is InChI=1S/C34H48O14/c1-24-10-12-25(13-11-24)44-30(36)17-19-32(38)48-46-28-15-14-26(45-47-31(37)18-16-29(35)40-2)23-27(28)34(39)43-22-7-4-3-6-20-41-33-9-5-8-21-42-33/h14-15,23-25,33H,3-13,16-22H2,1-2H3. The van der Waals surface area contributed by atoms with Gasteiger partial charge in [0.1, 0.15) is 11.7 Å². The van der Waals surface area contributed by atoms with Gasteiger partial charge in [-0.2, -0.15) is 0 Å². The highest BCUT2D eigenvalue weighted by Crippen LogP contribution is 2.27. The van der Waals surface area contributed by atoms with Gasteiger partial charge in [-0.15, -0.1) is 0 Å². The fourth-order valence-corrected chi connectivity index (χ4v) is 5.02. The van der Waals surface area contributed by atoms with Crippen LogP contribution in [0, 0.1) is 5.92 Å². The number of hydrogen-bond donors (Lipinski definition) is 0. The Bertz CT molecular complexity index is 1170. The van der Waals surface area contributed by atoms with Gasteiger partial charge in [-0.3, -0.25) is 29.1 Å². The number of carbonyl (C=O) groups excluding carboxylic acids is 5. The van der Waals surface area contributed by atoms with E-state index in [0.717, 1.165) is 70.8 Å². The summed E-state index contributed by atoms with van der Waals surface area (Å²) in [6, 6.07) is 3.75. The van der Waals surface area contributed by atoms with E-state index in [2.05, 4.69) is 11.7 Å². The minimum Gasteiger partial charge on any atom is -0.469 e. The molecule has 2 fully saturated rings. The Kier molecular flexibility index (Phi) is 17.6. The van der Waals surface area contributed by atoms with Crippen LogP contribution in [0.5, 0.6) is 11.5 Å². The average molecular weight is 681 g/mol. The van der Waals surface area contributed by atoms with Crippen molar-refractivity contribution in [2.24, 2.45) is 5.92 Å². The molecule has 14 heteroatoms. The van der Waals surface area contributed by atoms with Crippen LogP contribution in [0.1, 0.15) is 114 Å². The van der Waals surface area contributed by atoms with Crippen LogP contribution in [0.25, 0.3) is 0 Å². The molecule has 14 nitrogen and oxygen atoms in total. The topological polar surface area (TPSA) is 168 Å². The Labute approximate surface area is 280 Å². The second-order valence-corrected chi connectivity index (χ2v) is 11.9. The van der Waals surface area contributed by atoms with Crippen LogP contribution in [-0.4, -0.2) is 69.2 Å². The van der Waals surface area contributed by atoms with Gasteiger partial charge in [-0.25, -0.2) is 14.4 Å². The quantitative estimate of drug-likeness (QED) is 0.0558. The lowest BCUT2D eigenvalue weighted by Gasteiger charge is -2.25. The van der Waals surface area contributed by atoms with Gasteiger partial charge >= 0.3 is 29.8 Å². The molecule has 1 saturated carbocycles. The summed E-state index contributed by atoms with van der Waals surface area (Å²) in [5.41, 5.74) is -0.169. The summed E-state index contributed by atoms with van der Waals surface area (Å²) < 4.78 is 26.6. The first-order valence-electron chi connectivity index (χ1n) is 16.8. The molecular formula is C34H48O14. The fourth-order valence-electron chi connectivity index (χ4n) is 5.02. The lowest BCUT2D eigenvalue weighted by atomic mass is 9.89. The molecule has 268 valence electrons. The van der Waals surface area contributed by atoms with Gasteiger partial charge in [0.25, 0.3) is 0 Å². The average Bonchev–Trinajstić information content (AvgIpc) is 3.10. The molecule has 0 bridgehead atoms. The van der Waals surface area contributed by atoms with Gasteiger partial charge in [-0.1, -0.05) is 13.3 Å². The number of esters is 3. The zero-order chi connectivity index (χ0) is 34.6. The monoisotopic (exact) mass is 680 g/mol. The van der Waals surface area contributed by atoms with Crippen LogP contribution in [0.3, 0.4) is 0 Å². The molecule has 1 saturated heterocycles. The molecule has 1 aliphatic heterocycles. The normalized spacial score (nSPS) is 19.0. The number of methoxy groups -OCH3 is 1. The molecule has 1 atom stereocenters. The van der Waals surface area contributed by atoms with Crippen LogP contribution in [0.15, 0.2) is 18.2 Å². The summed E-state index contributed by atoms with van der Waals surface area (Å²) in [5.74, 6) is -3.19. The minimum absolute atomic E-state index is 0.0613. The van der Waals surface area contributed by atoms with Crippen LogP contribution in [-0.2, 0) is 52.6 Å². The second kappa shape index (κ2) is 21.9. The first kappa shape index (κ1) is 38.5. The van der Waals surface area contributed by atoms with E-state index in [1.165, 1.54) is 25.3 Å². The minimum atomic E-state index is -0.845. The Hall–Kier alpha value is -3.91. The SMILES string of the molecule is COC(=O)CCC(=O)OOc1ccc(OOC(=O)CCC(=O)OC2CCC(C)CC2)c(C(=O)OCCCCCCOC2CCCCO2)c1. The molecule has 0 amide bonds. The van der Waals surface area contributed by atoms with Crippen molar-refractivity contribution in [3.8, 4) is 11.5 Å². The maximum Gasteiger partial charge on any atom is 0.356 e. The highest BCUT2D eigenvalue weighted by atomic mass is 17.2. The Morgan fingerprint density at radius 2 is 1.42 bits per heavy atom. The van der Waals surface area contributed by atoms with Crippen LogP contribution in [0.2, 0.25) is 0 Å². The van der Waals surface area contributed by atoms with Crippen LogP contribution < -0.4 is 9.78 Å². The number of rotatable bonds is 20. The van der Waals surface area contributed by atoms with E-state index in [-0.39, 0.29) is 61.7 Å². The van der Waals surface area contributed by atoms with Crippen molar-refractivity contribution < 1.29 is 67.2 Å². The summed E-state index contributed by atoms with van der Waals surface area (Å²) in [6.45, 7) is 3.61. The van der Waals surface area contributed by atoms with E-state index in [9.17, 15) is 24.0 Å². The third-order valence-corrected chi connectivity index (χ3v) is 7.89. The van der Waals surface area contributed by atoms with Gasteiger partial charge in [0.2, 0.25) is 0 Å². The lowest BCUT2D eigenvalue weighted by molar-refractivity contribution is -0.216. The van der Waals surface area contributed by atoms with Gasteiger partial charge in [0, 0.05) is 19.3 Å². The molecule has 3 rings (SSSR count). The van der Waals surface area contributed by atoms with Crippen molar-refractivity contribution in [2.75, 3.05) is 26.9 Å². The highest BCUT2D eigenvalue weighted by molar-refractivity contribution is 5.93. The Morgan fingerprint density at radius 1 is 0.750 bits per heavy atom. The lowest BCUT2D eigenvalue weighted by Crippen LogP contribution is -2.24. The van der Waals surface area contributed by atoms with E-state index in [4.69, 9.17) is 38.5 Å². The van der Waals surface area contributed by atoms with Gasteiger partial charge in [0.15, 0.2) is 17.8 Å². The summed E-state index contributed by atoms with van der Waals surface area (Å²) in [6.07, 6.45) is 8.60. The summed E-state index contributed by atoms with van der Waals surface area (Å²) in [7, 11) is 1.20. The van der Waals surface area contributed by atoms with E-state index < -0.39 is 29.8 Å². The van der Waals surface area contributed by atoms with E-state index >= 15 is 0 Å². The van der Waals surface area contributed by atoms with E-state index in [1.807, 2.05) is 0 Å². The molecular weight excluding hydrogens is 632 g/mol. The Balaban J connectivity index is 1.46. The van der Waals surface area contributed by atoms with E-state index in [0.29, 0.717) is 18.9 Å². The zero-order valence-corrected chi connectivity index (χ0v) is 27.9. The second-order valence-electron chi connectivity index (χ2n) is 11.9.